The first-order valence-electron chi connectivity index (χ1n) is 5.83. The van der Waals surface area contributed by atoms with E-state index in [2.05, 4.69) is 41.9 Å². The van der Waals surface area contributed by atoms with Crippen molar-refractivity contribution < 1.29 is 4.74 Å². The van der Waals surface area contributed by atoms with Crippen LogP contribution in [0.5, 0.6) is 5.75 Å². The number of benzene rings is 1. The molecule has 1 heterocycles. The quantitative estimate of drug-likeness (QED) is 0.853. The van der Waals surface area contributed by atoms with Crippen molar-refractivity contribution in [1.82, 2.24) is 14.8 Å². The minimum atomic E-state index is 0.368. The fourth-order valence-electron chi connectivity index (χ4n) is 1.67. The van der Waals surface area contributed by atoms with Crippen molar-refractivity contribution >= 4 is 31.9 Å². The third-order valence-corrected chi connectivity index (χ3v) is 3.81. The second-order valence-electron chi connectivity index (χ2n) is 3.87. The molecule has 1 aromatic carbocycles. The molecule has 0 aliphatic carbocycles. The number of nitrogens with zero attached hydrogens (tertiary/aromatic N) is 3. The van der Waals surface area contributed by atoms with E-state index in [1.54, 1.807) is 4.68 Å². The Hall–Kier alpha value is -0.920. The topological polar surface area (TPSA) is 66.0 Å². The fraction of sp³-hybridized carbons (Fsp3) is 0.333. The lowest BCUT2D eigenvalue weighted by Gasteiger charge is -2.11. The van der Waals surface area contributed by atoms with Crippen LogP contribution in [-0.4, -0.2) is 14.8 Å². The Labute approximate surface area is 128 Å². The highest BCUT2D eigenvalue weighted by Crippen LogP contribution is 2.35. The number of ether oxygens (including phenoxy) is 1. The largest absolute Gasteiger partial charge is 0.483 e. The third kappa shape index (κ3) is 3.34. The van der Waals surface area contributed by atoms with Gasteiger partial charge in [0.1, 0.15) is 18.7 Å². The Balaban J connectivity index is 2.16. The predicted octanol–water partition coefficient (Wildman–Crippen LogP) is 2.86. The Morgan fingerprint density at radius 1 is 1.32 bits per heavy atom. The van der Waals surface area contributed by atoms with Crippen LogP contribution in [0.2, 0.25) is 0 Å². The zero-order chi connectivity index (χ0) is 13.8. The zero-order valence-corrected chi connectivity index (χ0v) is 13.6. The molecule has 7 heteroatoms. The van der Waals surface area contributed by atoms with Crippen LogP contribution in [0.1, 0.15) is 18.3 Å². The predicted molar refractivity (Wildman–Crippen MR) is 79.8 cm³/mol. The van der Waals surface area contributed by atoms with Crippen molar-refractivity contribution in [2.24, 2.45) is 5.73 Å². The Bertz CT molecular complexity index is 548. The molecule has 0 atom stereocenters. The lowest BCUT2D eigenvalue weighted by Crippen LogP contribution is -2.08. The number of aromatic nitrogens is 3. The SMILES string of the molecule is CCn1ncnc1COc1c(Br)cc(CN)cc1Br. The van der Waals surface area contributed by atoms with Gasteiger partial charge in [0, 0.05) is 13.1 Å². The molecular formula is C12H14Br2N4O. The van der Waals surface area contributed by atoms with Crippen molar-refractivity contribution in [3.63, 3.8) is 0 Å². The van der Waals surface area contributed by atoms with Crippen LogP contribution in [0.4, 0.5) is 0 Å². The van der Waals surface area contributed by atoms with Gasteiger partial charge in [-0.25, -0.2) is 9.67 Å². The standard InChI is InChI=1S/C12H14Br2N4O/c1-2-18-11(16-7-17-18)6-19-12-9(13)3-8(5-15)4-10(12)14/h3-4,7H,2,5-6,15H2,1H3. The fourth-order valence-corrected chi connectivity index (χ4v) is 3.18. The Morgan fingerprint density at radius 2 is 2.00 bits per heavy atom. The van der Waals surface area contributed by atoms with Gasteiger partial charge in [-0.3, -0.25) is 0 Å². The lowest BCUT2D eigenvalue weighted by molar-refractivity contribution is 0.283. The number of hydrogen-bond acceptors (Lipinski definition) is 4. The van der Waals surface area contributed by atoms with E-state index in [-0.39, 0.29) is 0 Å². The third-order valence-electron chi connectivity index (χ3n) is 2.63. The number of aryl methyl sites for hydroxylation is 1. The van der Waals surface area contributed by atoms with E-state index in [9.17, 15) is 0 Å². The number of rotatable bonds is 5. The molecule has 0 saturated carbocycles. The summed E-state index contributed by atoms with van der Waals surface area (Å²) in [5, 5.41) is 4.10. The van der Waals surface area contributed by atoms with Crippen LogP contribution in [0.25, 0.3) is 0 Å². The molecule has 0 fully saturated rings. The molecule has 0 radical (unpaired) electrons. The van der Waals surface area contributed by atoms with Gasteiger partial charge in [0.25, 0.3) is 0 Å². The summed E-state index contributed by atoms with van der Waals surface area (Å²) in [6.07, 6.45) is 1.53. The molecular weight excluding hydrogens is 376 g/mol. The monoisotopic (exact) mass is 388 g/mol. The molecule has 0 aliphatic heterocycles. The van der Waals surface area contributed by atoms with E-state index in [0.29, 0.717) is 13.2 Å². The normalized spacial score (nSPS) is 10.7. The van der Waals surface area contributed by atoms with E-state index < -0.39 is 0 Å². The van der Waals surface area contributed by atoms with Crippen molar-refractivity contribution in [2.45, 2.75) is 26.6 Å². The van der Waals surface area contributed by atoms with Gasteiger partial charge >= 0.3 is 0 Å². The van der Waals surface area contributed by atoms with Crippen LogP contribution in [0.3, 0.4) is 0 Å². The Morgan fingerprint density at radius 3 is 2.58 bits per heavy atom. The summed E-state index contributed by atoms with van der Waals surface area (Å²) in [7, 11) is 0. The highest BCUT2D eigenvalue weighted by molar-refractivity contribution is 9.11. The van der Waals surface area contributed by atoms with Gasteiger partial charge < -0.3 is 10.5 Å². The molecule has 0 spiro atoms. The molecule has 0 bridgehead atoms. The van der Waals surface area contributed by atoms with Gasteiger partial charge in [0.15, 0.2) is 5.82 Å². The first-order chi connectivity index (χ1) is 9.15. The van der Waals surface area contributed by atoms with E-state index >= 15 is 0 Å². The summed E-state index contributed by atoms with van der Waals surface area (Å²) in [4.78, 5) is 4.17. The maximum Gasteiger partial charge on any atom is 0.164 e. The number of hydrogen-bond donors (Lipinski definition) is 1. The molecule has 2 aromatic rings. The molecule has 2 rings (SSSR count). The van der Waals surface area contributed by atoms with E-state index in [1.807, 2.05) is 19.1 Å². The molecule has 2 N–H and O–H groups in total. The van der Waals surface area contributed by atoms with Crippen LogP contribution in [0.15, 0.2) is 27.4 Å². The molecule has 5 nitrogen and oxygen atoms in total. The van der Waals surface area contributed by atoms with Gasteiger partial charge in [0.2, 0.25) is 0 Å². The van der Waals surface area contributed by atoms with Crippen LogP contribution >= 0.6 is 31.9 Å². The molecule has 0 aliphatic rings. The van der Waals surface area contributed by atoms with Gasteiger partial charge in [-0.05, 0) is 56.5 Å². The highest BCUT2D eigenvalue weighted by Gasteiger charge is 2.10. The smallest absolute Gasteiger partial charge is 0.164 e. The Kier molecular flexibility index (Phi) is 4.95. The molecule has 0 unspecified atom stereocenters. The summed E-state index contributed by atoms with van der Waals surface area (Å²) in [5.74, 6) is 1.53. The van der Waals surface area contributed by atoms with Gasteiger partial charge in [-0.2, -0.15) is 5.10 Å². The average molecular weight is 390 g/mol. The number of nitrogens with two attached hydrogens (primary N) is 1. The summed E-state index contributed by atoms with van der Waals surface area (Å²) in [5.41, 5.74) is 6.65. The van der Waals surface area contributed by atoms with Crippen molar-refractivity contribution in [3.05, 3.63) is 38.8 Å². The number of halogens is 2. The molecule has 1 aromatic heterocycles. The summed E-state index contributed by atoms with van der Waals surface area (Å²) < 4.78 is 9.33. The first-order valence-corrected chi connectivity index (χ1v) is 7.41. The minimum absolute atomic E-state index is 0.368. The lowest BCUT2D eigenvalue weighted by atomic mass is 10.2. The van der Waals surface area contributed by atoms with E-state index in [0.717, 1.165) is 32.6 Å². The van der Waals surface area contributed by atoms with Crippen molar-refractivity contribution in [2.75, 3.05) is 0 Å². The highest BCUT2D eigenvalue weighted by atomic mass is 79.9. The van der Waals surface area contributed by atoms with Gasteiger partial charge in [0.05, 0.1) is 8.95 Å². The van der Waals surface area contributed by atoms with Crippen molar-refractivity contribution in [1.29, 1.82) is 0 Å². The second-order valence-corrected chi connectivity index (χ2v) is 5.58. The van der Waals surface area contributed by atoms with Crippen LogP contribution < -0.4 is 10.5 Å². The summed E-state index contributed by atoms with van der Waals surface area (Å²) in [6.45, 7) is 3.64. The maximum absolute atomic E-state index is 5.80. The average Bonchev–Trinajstić information content (AvgIpc) is 2.85. The van der Waals surface area contributed by atoms with Crippen LogP contribution in [0, 0.1) is 0 Å². The van der Waals surface area contributed by atoms with Crippen LogP contribution in [-0.2, 0) is 19.7 Å². The van der Waals surface area contributed by atoms with Gasteiger partial charge in [-0.15, -0.1) is 0 Å². The van der Waals surface area contributed by atoms with Gasteiger partial charge in [-0.1, -0.05) is 0 Å². The first kappa shape index (κ1) is 14.5. The molecule has 0 amide bonds. The molecule has 0 saturated heterocycles. The summed E-state index contributed by atoms with van der Waals surface area (Å²) >= 11 is 6.97. The zero-order valence-electron chi connectivity index (χ0n) is 10.4. The van der Waals surface area contributed by atoms with Crippen molar-refractivity contribution in [3.8, 4) is 5.75 Å². The van der Waals surface area contributed by atoms with E-state index in [1.165, 1.54) is 6.33 Å². The minimum Gasteiger partial charge on any atom is -0.483 e. The molecule has 102 valence electrons. The maximum atomic E-state index is 5.80. The summed E-state index contributed by atoms with van der Waals surface area (Å²) in [6, 6.07) is 3.90. The second kappa shape index (κ2) is 6.49. The van der Waals surface area contributed by atoms with E-state index in [4.69, 9.17) is 10.5 Å². The molecule has 19 heavy (non-hydrogen) atoms.